The zero-order valence-corrected chi connectivity index (χ0v) is 19.0. The molecule has 0 aliphatic carbocycles. The first-order valence-corrected chi connectivity index (χ1v) is 11.3. The summed E-state index contributed by atoms with van der Waals surface area (Å²) in [5.41, 5.74) is 3.45. The molecule has 6 heteroatoms. The molecule has 0 spiro atoms. The number of rotatable bonds is 9. The van der Waals surface area contributed by atoms with E-state index < -0.39 is 6.04 Å². The van der Waals surface area contributed by atoms with Gasteiger partial charge in [0.15, 0.2) is 0 Å². The summed E-state index contributed by atoms with van der Waals surface area (Å²) in [5, 5.41) is 2.82. The van der Waals surface area contributed by atoms with Crippen LogP contribution in [0.5, 0.6) is 0 Å². The summed E-state index contributed by atoms with van der Waals surface area (Å²) in [4.78, 5) is 27.0. The lowest BCUT2D eigenvalue weighted by molar-refractivity contribution is -0.138. The van der Waals surface area contributed by atoms with Crippen molar-refractivity contribution >= 4 is 39.5 Å². The number of halogens is 1. The maximum absolute atomic E-state index is 13.0. The molecule has 2 aromatic rings. The van der Waals surface area contributed by atoms with Gasteiger partial charge in [-0.1, -0.05) is 52.3 Å². The number of likely N-dealkylation sites (N-methyl/N-ethyl adjacent to an activating group) is 1. The van der Waals surface area contributed by atoms with E-state index in [1.165, 1.54) is 11.1 Å². The molecule has 0 aromatic heterocycles. The van der Waals surface area contributed by atoms with Gasteiger partial charge in [0, 0.05) is 23.3 Å². The fraction of sp³-hybridized carbons (Fsp3) is 0.364. The van der Waals surface area contributed by atoms with Crippen LogP contribution in [0.3, 0.4) is 0 Å². The molecule has 0 aliphatic rings. The lowest BCUT2D eigenvalue weighted by atomic mass is 10.1. The Morgan fingerprint density at radius 3 is 2.61 bits per heavy atom. The average molecular weight is 463 g/mol. The predicted molar refractivity (Wildman–Crippen MR) is 120 cm³/mol. The minimum atomic E-state index is -0.523. The standard InChI is InChI=1S/C22H27BrN2O2S/c1-4-24-22(27)17(3)25(13-18-9-7-11-20(23)12-18)21(26)15-28-14-19-10-6-5-8-16(19)2/h5-12,17H,4,13-15H2,1-3H3,(H,24,27). The highest BCUT2D eigenvalue weighted by Crippen LogP contribution is 2.19. The lowest BCUT2D eigenvalue weighted by Gasteiger charge is -2.28. The maximum atomic E-state index is 13.0. The molecule has 2 rings (SSSR count). The number of hydrogen-bond acceptors (Lipinski definition) is 3. The first kappa shape index (κ1) is 22.5. The van der Waals surface area contributed by atoms with Crippen LogP contribution >= 0.6 is 27.7 Å². The molecule has 0 saturated heterocycles. The average Bonchev–Trinajstić information content (AvgIpc) is 2.67. The van der Waals surface area contributed by atoms with Crippen molar-refractivity contribution < 1.29 is 9.59 Å². The highest BCUT2D eigenvalue weighted by atomic mass is 79.9. The summed E-state index contributed by atoms with van der Waals surface area (Å²) < 4.78 is 0.956. The number of benzene rings is 2. The Morgan fingerprint density at radius 2 is 1.93 bits per heavy atom. The fourth-order valence-corrected chi connectivity index (χ4v) is 4.27. The molecular weight excluding hydrogens is 436 g/mol. The minimum absolute atomic E-state index is 0.0303. The monoisotopic (exact) mass is 462 g/mol. The van der Waals surface area contributed by atoms with Gasteiger partial charge in [0.1, 0.15) is 6.04 Å². The zero-order chi connectivity index (χ0) is 20.5. The Hall–Kier alpha value is -1.79. The molecule has 0 bridgehead atoms. The largest absolute Gasteiger partial charge is 0.355 e. The van der Waals surface area contributed by atoms with Gasteiger partial charge in [-0.25, -0.2) is 0 Å². The van der Waals surface area contributed by atoms with Crippen LogP contribution < -0.4 is 5.32 Å². The molecule has 4 nitrogen and oxygen atoms in total. The molecule has 2 aromatic carbocycles. The summed E-state index contributed by atoms with van der Waals surface area (Å²) in [6.07, 6.45) is 0. The number of nitrogens with one attached hydrogen (secondary N) is 1. The summed E-state index contributed by atoms with van der Waals surface area (Å²) in [6.45, 7) is 6.69. The van der Waals surface area contributed by atoms with Crippen molar-refractivity contribution in [3.8, 4) is 0 Å². The van der Waals surface area contributed by atoms with Crippen molar-refractivity contribution in [1.82, 2.24) is 10.2 Å². The molecule has 0 aliphatic heterocycles. The number of amides is 2. The predicted octanol–water partition coefficient (Wildman–Crippen LogP) is 4.54. The molecular formula is C22H27BrN2O2S. The van der Waals surface area contributed by atoms with Crippen molar-refractivity contribution in [2.45, 2.75) is 39.1 Å². The van der Waals surface area contributed by atoms with Crippen molar-refractivity contribution in [1.29, 1.82) is 0 Å². The van der Waals surface area contributed by atoms with Crippen molar-refractivity contribution in [3.63, 3.8) is 0 Å². The van der Waals surface area contributed by atoms with Gasteiger partial charge in [0.25, 0.3) is 0 Å². The summed E-state index contributed by atoms with van der Waals surface area (Å²) in [6, 6.07) is 15.5. The van der Waals surface area contributed by atoms with E-state index in [1.807, 2.05) is 43.3 Å². The number of nitrogens with zero attached hydrogens (tertiary/aromatic N) is 1. The Morgan fingerprint density at radius 1 is 1.18 bits per heavy atom. The highest BCUT2D eigenvalue weighted by molar-refractivity contribution is 9.10. The number of hydrogen-bond donors (Lipinski definition) is 1. The third-order valence-corrected chi connectivity index (χ3v) is 5.96. The molecule has 28 heavy (non-hydrogen) atoms. The SMILES string of the molecule is CCNC(=O)C(C)N(Cc1cccc(Br)c1)C(=O)CSCc1ccccc1C. The maximum Gasteiger partial charge on any atom is 0.242 e. The van der Waals surface area contributed by atoms with E-state index in [0.717, 1.165) is 15.8 Å². The van der Waals surface area contributed by atoms with Gasteiger partial charge in [-0.3, -0.25) is 9.59 Å². The van der Waals surface area contributed by atoms with E-state index in [0.29, 0.717) is 18.8 Å². The Balaban J connectivity index is 2.07. The Bertz CT molecular complexity index is 813. The van der Waals surface area contributed by atoms with Crippen LogP contribution in [0.1, 0.15) is 30.5 Å². The lowest BCUT2D eigenvalue weighted by Crippen LogP contribution is -2.48. The number of carbonyl (C=O) groups excluding carboxylic acids is 2. The van der Waals surface area contributed by atoms with Crippen LogP contribution in [0.2, 0.25) is 0 Å². The summed E-state index contributed by atoms with van der Waals surface area (Å²) >= 11 is 5.05. The second-order valence-corrected chi connectivity index (χ2v) is 8.54. The molecule has 2 amide bonds. The summed E-state index contributed by atoms with van der Waals surface area (Å²) in [5.74, 6) is 0.956. The second-order valence-electron chi connectivity index (χ2n) is 6.64. The molecule has 0 heterocycles. The fourth-order valence-electron chi connectivity index (χ4n) is 2.84. The van der Waals surface area contributed by atoms with Crippen molar-refractivity contribution in [2.75, 3.05) is 12.3 Å². The molecule has 0 fully saturated rings. The van der Waals surface area contributed by atoms with Gasteiger partial charge < -0.3 is 10.2 Å². The number of thioether (sulfide) groups is 1. The van der Waals surface area contributed by atoms with E-state index >= 15 is 0 Å². The Labute approximate surface area is 180 Å². The topological polar surface area (TPSA) is 49.4 Å². The quantitative estimate of drug-likeness (QED) is 0.594. The molecule has 150 valence electrons. The zero-order valence-electron chi connectivity index (χ0n) is 16.6. The van der Waals surface area contributed by atoms with Crippen molar-refractivity contribution in [2.24, 2.45) is 0 Å². The smallest absolute Gasteiger partial charge is 0.242 e. The molecule has 0 saturated carbocycles. The van der Waals surface area contributed by atoms with E-state index in [2.05, 4.69) is 40.3 Å². The first-order valence-electron chi connectivity index (χ1n) is 9.36. The van der Waals surface area contributed by atoms with Gasteiger partial charge in [-0.2, -0.15) is 0 Å². The van der Waals surface area contributed by atoms with E-state index in [4.69, 9.17) is 0 Å². The number of aryl methyl sites for hydroxylation is 1. The van der Waals surface area contributed by atoms with Crippen molar-refractivity contribution in [3.05, 3.63) is 69.7 Å². The van der Waals surface area contributed by atoms with E-state index in [-0.39, 0.29) is 11.8 Å². The van der Waals surface area contributed by atoms with E-state index in [1.54, 1.807) is 23.6 Å². The molecule has 0 radical (unpaired) electrons. The minimum Gasteiger partial charge on any atom is -0.355 e. The molecule has 1 N–H and O–H groups in total. The van der Waals surface area contributed by atoms with Crippen LogP contribution in [0.15, 0.2) is 53.0 Å². The van der Waals surface area contributed by atoms with Crippen LogP contribution in [-0.2, 0) is 21.9 Å². The van der Waals surface area contributed by atoms with Gasteiger partial charge in [-0.15, -0.1) is 11.8 Å². The highest BCUT2D eigenvalue weighted by Gasteiger charge is 2.25. The van der Waals surface area contributed by atoms with Crippen LogP contribution in [0.25, 0.3) is 0 Å². The third-order valence-electron chi connectivity index (χ3n) is 4.50. The van der Waals surface area contributed by atoms with Gasteiger partial charge in [0.05, 0.1) is 5.75 Å². The molecule has 1 unspecified atom stereocenters. The Kier molecular flexibility index (Phi) is 9.06. The molecule has 1 atom stereocenters. The third kappa shape index (κ3) is 6.67. The normalized spacial score (nSPS) is 11.7. The first-order chi connectivity index (χ1) is 13.4. The van der Waals surface area contributed by atoms with Crippen LogP contribution in [-0.4, -0.2) is 35.1 Å². The van der Waals surface area contributed by atoms with E-state index in [9.17, 15) is 9.59 Å². The van der Waals surface area contributed by atoms with Gasteiger partial charge in [-0.05, 0) is 49.6 Å². The van der Waals surface area contributed by atoms with Crippen LogP contribution in [0.4, 0.5) is 0 Å². The van der Waals surface area contributed by atoms with Gasteiger partial charge >= 0.3 is 0 Å². The summed E-state index contributed by atoms with van der Waals surface area (Å²) in [7, 11) is 0. The van der Waals surface area contributed by atoms with Crippen LogP contribution in [0, 0.1) is 6.92 Å². The number of carbonyl (C=O) groups is 2. The second kappa shape index (κ2) is 11.3. The van der Waals surface area contributed by atoms with Gasteiger partial charge in [0.2, 0.25) is 11.8 Å².